The number of phosphoric acid groups is 1. The third-order valence-corrected chi connectivity index (χ3v) is 12.8. The molecule has 0 rings (SSSR count). The van der Waals surface area contributed by atoms with Crippen molar-refractivity contribution >= 4 is 19.8 Å². The molecule has 0 aliphatic heterocycles. The number of phosphoric ester groups is 1. The summed E-state index contributed by atoms with van der Waals surface area (Å²) in [4.78, 5) is 34.8. The van der Waals surface area contributed by atoms with Crippen molar-refractivity contribution < 1.29 is 37.6 Å². The molecule has 3 N–H and O–H groups in total. The molecule has 0 amide bonds. The number of ether oxygens (including phenoxy) is 2. The predicted octanol–water partition coefficient (Wildman–Crippen LogP) is 17.5. The fraction of sp³-hybridized carbons (Fsp3) is 0.729. The largest absolute Gasteiger partial charge is 0.472 e. The highest BCUT2D eigenvalue weighted by Gasteiger charge is 2.26. The van der Waals surface area contributed by atoms with Gasteiger partial charge in [-0.1, -0.05) is 247 Å². The van der Waals surface area contributed by atoms with Crippen LogP contribution in [0.1, 0.15) is 245 Å². The van der Waals surface area contributed by atoms with E-state index in [9.17, 15) is 19.0 Å². The second-order valence-corrected chi connectivity index (χ2v) is 19.9. The molecular formula is C59H104NO8P. The maximum atomic E-state index is 12.6. The Balaban J connectivity index is 3.73. The van der Waals surface area contributed by atoms with Gasteiger partial charge in [-0.25, -0.2) is 4.57 Å². The van der Waals surface area contributed by atoms with Crippen LogP contribution in [0.3, 0.4) is 0 Å². The first-order valence-electron chi connectivity index (χ1n) is 28.1. The van der Waals surface area contributed by atoms with E-state index >= 15 is 0 Å². The molecule has 0 aliphatic rings. The number of allylic oxidation sites excluding steroid dienone is 14. The van der Waals surface area contributed by atoms with Crippen LogP contribution >= 0.6 is 7.82 Å². The highest BCUT2D eigenvalue weighted by Crippen LogP contribution is 2.43. The molecule has 0 aromatic rings. The molecular weight excluding hydrogens is 882 g/mol. The van der Waals surface area contributed by atoms with Crippen LogP contribution in [0.15, 0.2) is 85.1 Å². The smallest absolute Gasteiger partial charge is 0.462 e. The third-order valence-electron chi connectivity index (χ3n) is 11.8. The Kier molecular flexibility index (Phi) is 52.3. The van der Waals surface area contributed by atoms with E-state index in [1.165, 1.54) is 128 Å². The molecule has 0 saturated heterocycles. The summed E-state index contributed by atoms with van der Waals surface area (Å²) in [5, 5.41) is 0. The molecule has 0 spiro atoms. The van der Waals surface area contributed by atoms with Crippen molar-refractivity contribution in [3.8, 4) is 0 Å². The van der Waals surface area contributed by atoms with Crippen molar-refractivity contribution in [2.24, 2.45) is 5.73 Å². The highest BCUT2D eigenvalue weighted by atomic mass is 31.2. The average molecular weight is 986 g/mol. The monoisotopic (exact) mass is 986 g/mol. The van der Waals surface area contributed by atoms with E-state index in [-0.39, 0.29) is 38.6 Å². The van der Waals surface area contributed by atoms with E-state index in [2.05, 4.69) is 98.9 Å². The molecule has 2 unspecified atom stereocenters. The summed E-state index contributed by atoms with van der Waals surface area (Å²) in [5.41, 5.74) is 5.35. The van der Waals surface area contributed by atoms with Crippen molar-refractivity contribution in [1.29, 1.82) is 0 Å². The Morgan fingerprint density at radius 3 is 1.19 bits per heavy atom. The SMILES string of the molecule is CC/C=C\C/C=C\C/C=C\C/C=C\C/C=C\C/C=C\C/C=C\CCCCCCCCCCCCCCCCCCCCCC(=O)OC(COC(=O)CCCCCCCCC)COP(=O)(O)OCCN. The van der Waals surface area contributed by atoms with Crippen molar-refractivity contribution in [2.75, 3.05) is 26.4 Å². The van der Waals surface area contributed by atoms with Crippen molar-refractivity contribution in [1.82, 2.24) is 0 Å². The van der Waals surface area contributed by atoms with E-state index in [1.807, 2.05) is 0 Å². The Hall–Kier alpha value is -2.81. The van der Waals surface area contributed by atoms with Gasteiger partial charge in [-0.3, -0.25) is 18.6 Å². The summed E-state index contributed by atoms with van der Waals surface area (Å²) >= 11 is 0. The minimum atomic E-state index is -4.37. The van der Waals surface area contributed by atoms with Crippen LogP contribution in [0.5, 0.6) is 0 Å². The molecule has 0 aliphatic carbocycles. The van der Waals surface area contributed by atoms with Gasteiger partial charge in [0, 0.05) is 19.4 Å². The van der Waals surface area contributed by atoms with E-state index in [0.29, 0.717) is 6.42 Å². The first-order valence-corrected chi connectivity index (χ1v) is 29.6. The molecule has 69 heavy (non-hydrogen) atoms. The zero-order valence-electron chi connectivity index (χ0n) is 44.3. The van der Waals surface area contributed by atoms with Gasteiger partial charge in [-0.05, 0) is 70.6 Å². The summed E-state index contributed by atoms with van der Waals surface area (Å²) < 4.78 is 32.7. The fourth-order valence-corrected chi connectivity index (χ4v) is 8.44. The zero-order chi connectivity index (χ0) is 50.2. The lowest BCUT2D eigenvalue weighted by Gasteiger charge is -2.19. The molecule has 398 valence electrons. The number of unbranched alkanes of at least 4 members (excludes halogenated alkanes) is 25. The van der Waals surface area contributed by atoms with E-state index in [0.717, 1.165) is 83.5 Å². The summed E-state index contributed by atoms with van der Waals surface area (Å²) in [7, 11) is -4.37. The standard InChI is InChI=1S/C59H104NO8P/c1-3-5-7-9-11-12-13-14-15-16-17-18-19-20-21-22-23-24-25-26-27-28-29-30-31-32-33-34-35-36-37-38-39-40-41-42-43-44-46-48-50-52-59(62)68-57(56-67-69(63,64)66-54-53-60)55-65-58(61)51-49-47-45-10-8-6-4-2/h5,7,11-12,14-15,17-18,20-21,23-24,26-27,57H,3-4,6,8-10,13,16,19,22,25,28-56,60H2,1-2H3,(H,63,64)/b7-5-,12-11-,15-14-,18-17-,21-20-,24-23-,27-26-. The van der Waals surface area contributed by atoms with Gasteiger partial charge in [0.25, 0.3) is 0 Å². The van der Waals surface area contributed by atoms with E-state index in [1.54, 1.807) is 0 Å². The summed E-state index contributed by atoms with van der Waals surface area (Å²) in [6, 6.07) is 0. The minimum absolute atomic E-state index is 0.0533. The second kappa shape index (κ2) is 54.5. The zero-order valence-corrected chi connectivity index (χ0v) is 45.2. The van der Waals surface area contributed by atoms with Crippen LogP contribution in [0, 0.1) is 0 Å². The Morgan fingerprint density at radius 2 is 0.797 bits per heavy atom. The van der Waals surface area contributed by atoms with Crippen LogP contribution in [-0.4, -0.2) is 49.3 Å². The number of carbonyl (C=O) groups is 2. The van der Waals surface area contributed by atoms with Gasteiger partial charge >= 0.3 is 19.8 Å². The lowest BCUT2D eigenvalue weighted by Crippen LogP contribution is -2.29. The molecule has 0 heterocycles. The van der Waals surface area contributed by atoms with Gasteiger partial charge in [0.2, 0.25) is 0 Å². The van der Waals surface area contributed by atoms with Gasteiger partial charge in [-0.15, -0.1) is 0 Å². The van der Waals surface area contributed by atoms with Crippen LogP contribution in [-0.2, 0) is 32.7 Å². The number of rotatable bonds is 52. The summed E-state index contributed by atoms with van der Waals surface area (Å²) in [6.07, 6.45) is 71.2. The number of esters is 2. The normalized spacial score (nSPS) is 13.7. The van der Waals surface area contributed by atoms with Crippen LogP contribution < -0.4 is 5.73 Å². The highest BCUT2D eigenvalue weighted by molar-refractivity contribution is 7.47. The summed E-state index contributed by atoms with van der Waals surface area (Å²) in [5.74, 6) is -0.830. The Morgan fingerprint density at radius 1 is 0.449 bits per heavy atom. The van der Waals surface area contributed by atoms with Crippen molar-refractivity contribution in [3.05, 3.63) is 85.1 Å². The average Bonchev–Trinajstić information content (AvgIpc) is 3.34. The topological polar surface area (TPSA) is 134 Å². The predicted molar refractivity (Wildman–Crippen MR) is 293 cm³/mol. The van der Waals surface area contributed by atoms with Gasteiger partial charge in [-0.2, -0.15) is 0 Å². The molecule has 0 saturated carbocycles. The number of hydrogen-bond acceptors (Lipinski definition) is 8. The fourth-order valence-electron chi connectivity index (χ4n) is 7.68. The molecule has 10 heteroatoms. The first-order chi connectivity index (χ1) is 33.8. The van der Waals surface area contributed by atoms with Gasteiger partial charge < -0.3 is 20.1 Å². The molecule has 0 aromatic carbocycles. The van der Waals surface area contributed by atoms with Gasteiger partial charge in [0.05, 0.1) is 13.2 Å². The van der Waals surface area contributed by atoms with Crippen molar-refractivity contribution in [2.45, 2.75) is 251 Å². The lowest BCUT2D eigenvalue weighted by molar-refractivity contribution is -0.161. The van der Waals surface area contributed by atoms with Gasteiger partial charge in [0.15, 0.2) is 6.10 Å². The molecule has 0 radical (unpaired) electrons. The number of hydrogen-bond donors (Lipinski definition) is 2. The number of carbonyl (C=O) groups excluding carboxylic acids is 2. The van der Waals surface area contributed by atoms with Crippen LogP contribution in [0.25, 0.3) is 0 Å². The molecule has 0 bridgehead atoms. The first kappa shape index (κ1) is 66.2. The number of nitrogens with two attached hydrogens (primary N) is 1. The van der Waals surface area contributed by atoms with E-state index < -0.39 is 26.5 Å². The molecule has 2 atom stereocenters. The Labute approximate surface area is 424 Å². The molecule has 0 aromatic heterocycles. The maximum Gasteiger partial charge on any atom is 0.472 e. The summed E-state index contributed by atoms with van der Waals surface area (Å²) in [6.45, 7) is 3.58. The second-order valence-electron chi connectivity index (χ2n) is 18.4. The van der Waals surface area contributed by atoms with E-state index in [4.69, 9.17) is 24.3 Å². The van der Waals surface area contributed by atoms with Crippen molar-refractivity contribution in [3.63, 3.8) is 0 Å². The Bertz CT molecular complexity index is 1400. The molecule has 9 nitrogen and oxygen atoms in total. The van der Waals surface area contributed by atoms with Crippen LogP contribution in [0.2, 0.25) is 0 Å². The van der Waals surface area contributed by atoms with Crippen LogP contribution in [0.4, 0.5) is 0 Å². The minimum Gasteiger partial charge on any atom is -0.462 e. The molecule has 0 fully saturated rings. The third kappa shape index (κ3) is 54.4. The lowest BCUT2D eigenvalue weighted by atomic mass is 10.0. The maximum absolute atomic E-state index is 12.6. The quantitative estimate of drug-likeness (QED) is 0.0264. The van der Waals surface area contributed by atoms with Gasteiger partial charge in [0.1, 0.15) is 6.61 Å².